The number of fused-ring (bicyclic) bond motifs is 2. The van der Waals surface area contributed by atoms with E-state index in [1.807, 2.05) is 31.2 Å². The molecule has 172 valence electrons. The zero-order chi connectivity index (χ0) is 24.0. The molecule has 5 aromatic rings. The molecule has 0 spiro atoms. The highest BCUT2D eigenvalue weighted by atomic mass is 16.3. The molecule has 9 heteroatoms. The van der Waals surface area contributed by atoms with E-state index >= 15 is 0 Å². The number of aliphatic hydroxyl groups excluding tert-OH is 1. The van der Waals surface area contributed by atoms with Gasteiger partial charge in [0.15, 0.2) is 5.65 Å². The highest BCUT2D eigenvalue weighted by molar-refractivity contribution is 5.88. The Morgan fingerprint density at radius 1 is 1.09 bits per heavy atom. The van der Waals surface area contributed by atoms with Crippen LogP contribution in [-0.2, 0) is 13.0 Å². The first-order valence-electron chi connectivity index (χ1n) is 10.9. The number of rotatable bonds is 5. The quantitative estimate of drug-likeness (QED) is 0.370. The minimum Gasteiger partial charge on any atom is -0.506 e. The molecule has 2 aromatic carbocycles. The number of hydrogen-bond acceptors (Lipinski definition) is 7. The molecule has 4 N–H and O–H groups in total. The number of phenols is 1. The Balaban J connectivity index is 1.78. The summed E-state index contributed by atoms with van der Waals surface area (Å²) in [5.41, 5.74) is 8.80. The first kappa shape index (κ1) is 21.6. The van der Waals surface area contributed by atoms with Gasteiger partial charge in [-0.15, -0.1) is 0 Å². The lowest BCUT2D eigenvalue weighted by Crippen LogP contribution is -2.24. The Hall–Kier alpha value is -4.24. The second-order valence-corrected chi connectivity index (χ2v) is 8.42. The molecule has 1 atom stereocenters. The van der Waals surface area contributed by atoms with Crippen LogP contribution in [0, 0.1) is 6.92 Å². The van der Waals surface area contributed by atoms with Crippen LogP contribution in [0.15, 0.2) is 59.7 Å². The largest absolute Gasteiger partial charge is 0.506 e. The van der Waals surface area contributed by atoms with Gasteiger partial charge in [-0.3, -0.25) is 9.36 Å². The molecule has 0 bridgehead atoms. The van der Waals surface area contributed by atoms with Gasteiger partial charge in [-0.25, -0.2) is 14.6 Å². The minimum absolute atomic E-state index is 0.00882. The molecule has 34 heavy (non-hydrogen) atoms. The molecule has 0 aliphatic carbocycles. The molecule has 9 nitrogen and oxygen atoms in total. The molecule has 0 unspecified atom stereocenters. The van der Waals surface area contributed by atoms with E-state index in [4.69, 9.17) is 5.73 Å². The summed E-state index contributed by atoms with van der Waals surface area (Å²) < 4.78 is 3.16. The molecular weight excluding hydrogens is 432 g/mol. The van der Waals surface area contributed by atoms with Crippen LogP contribution in [0.5, 0.6) is 5.75 Å². The Morgan fingerprint density at radius 2 is 1.88 bits per heavy atom. The summed E-state index contributed by atoms with van der Waals surface area (Å²) in [4.78, 5) is 22.2. The standard InChI is InChI=1S/C25H24N6O3/c1-14-6-5-7-16-11-17(31(25(34)21(14)16)19-8-3-4-9-20(19)33)12-30-24-22(23(26)27-13-28-24)18(29-30)10-15(2)32/h3-9,11,13,15,32-33H,10,12H2,1-2H3,(H2,26,27,28)/t15-/m1/s1. The number of anilines is 1. The van der Waals surface area contributed by atoms with Crippen molar-refractivity contribution < 1.29 is 10.2 Å². The molecule has 0 aliphatic rings. The Morgan fingerprint density at radius 3 is 2.65 bits per heavy atom. The molecule has 0 saturated carbocycles. The van der Waals surface area contributed by atoms with Crippen LogP contribution in [0.3, 0.4) is 0 Å². The molecule has 3 aromatic heterocycles. The summed E-state index contributed by atoms with van der Waals surface area (Å²) in [7, 11) is 0. The molecule has 0 aliphatic heterocycles. The topological polar surface area (TPSA) is 132 Å². The zero-order valence-corrected chi connectivity index (χ0v) is 18.8. The lowest BCUT2D eigenvalue weighted by Gasteiger charge is -2.17. The normalized spacial score (nSPS) is 12.4. The number of nitrogens with zero attached hydrogens (tertiary/aromatic N) is 5. The number of aryl methyl sites for hydroxylation is 1. The fourth-order valence-electron chi connectivity index (χ4n) is 4.41. The van der Waals surface area contributed by atoms with E-state index in [9.17, 15) is 15.0 Å². The van der Waals surface area contributed by atoms with Gasteiger partial charge in [-0.1, -0.05) is 30.3 Å². The summed E-state index contributed by atoms with van der Waals surface area (Å²) in [5, 5.41) is 27.2. The number of nitrogen functional groups attached to an aromatic ring is 1. The van der Waals surface area contributed by atoms with Crippen molar-refractivity contribution in [2.45, 2.75) is 32.9 Å². The number of phenolic OH excluding ortho intramolecular Hbond substituents is 1. The maximum atomic E-state index is 13.7. The first-order valence-corrected chi connectivity index (χ1v) is 10.9. The predicted octanol–water partition coefficient (Wildman–Crippen LogP) is 2.70. The molecule has 3 heterocycles. The Labute approximate surface area is 194 Å². The molecule has 0 amide bonds. The summed E-state index contributed by atoms with van der Waals surface area (Å²) in [6, 6.07) is 14.3. The van der Waals surface area contributed by atoms with Gasteiger partial charge in [-0.2, -0.15) is 5.10 Å². The maximum Gasteiger partial charge on any atom is 0.263 e. The smallest absolute Gasteiger partial charge is 0.263 e. The Kier molecular flexibility index (Phi) is 5.25. The maximum absolute atomic E-state index is 13.7. The van der Waals surface area contributed by atoms with Gasteiger partial charge in [-0.05, 0) is 43.0 Å². The van der Waals surface area contributed by atoms with E-state index in [1.165, 1.54) is 10.9 Å². The highest BCUT2D eigenvalue weighted by Gasteiger charge is 2.20. The van der Waals surface area contributed by atoms with Crippen molar-refractivity contribution in [3.63, 3.8) is 0 Å². The van der Waals surface area contributed by atoms with Crippen molar-refractivity contribution in [2.75, 3.05) is 5.73 Å². The number of nitrogens with two attached hydrogens (primary N) is 1. The van der Waals surface area contributed by atoms with E-state index < -0.39 is 6.10 Å². The summed E-state index contributed by atoms with van der Waals surface area (Å²) in [5.74, 6) is 0.268. The number of para-hydroxylation sites is 2. The second-order valence-electron chi connectivity index (χ2n) is 8.42. The number of aliphatic hydroxyl groups is 1. The van der Waals surface area contributed by atoms with Crippen molar-refractivity contribution in [1.29, 1.82) is 0 Å². The average molecular weight is 457 g/mol. The molecule has 5 rings (SSSR count). The fraction of sp³-hybridized carbons (Fsp3) is 0.200. The van der Waals surface area contributed by atoms with Crippen molar-refractivity contribution in [3.8, 4) is 11.4 Å². The lowest BCUT2D eigenvalue weighted by atomic mass is 10.1. The van der Waals surface area contributed by atoms with Crippen molar-refractivity contribution in [3.05, 3.63) is 82.2 Å². The van der Waals surface area contributed by atoms with E-state index in [0.717, 1.165) is 10.9 Å². The highest BCUT2D eigenvalue weighted by Crippen LogP contribution is 2.27. The van der Waals surface area contributed by atoms with Crippen molar-refractivity contribution in [2.24, 2.45) is 0 Å². The predicted molar refractivity (Wildman–Crippen MR) is 130 cm³/mol. The summed E-state index contributed by atoms with van der Waals surface area (Å²) in [6.45, 7) is 3.74. The second kappa shape index (κ2) is 8.27. The number of pyridine rings is 1. The van der Waals surface area contributed by atoms with E-state index in [-0.39, 0.29) is 30.1 Å². The zero-order valence-electron chi connectivity index (χ0n) is 18.8. The number of aromatic nitrogens is 5. The van der Waals surface area contributed by atoms with Crippen molar-refractivity contribution in [1.82, 2.24) is 24.3 Å². The van der Waals surface area contributed by atoms with Crippen molar-refractivity contribution >= 4 is 27.6 Å². The number of hydrogen-bond donors (Lipinski definition) is 3. The van der Waals surface area contributed by atoms with Gasteiger partial charge in [0.2, 0.25) is 0 Å². The number of benzene rings is 2. The van der Waals surface area contributed by atoms with E-state index in [1.54, 1.807) is 35.9 Å². The third-order valence-corrected chi connectivity index (χ3v) is 5.89. The molecule has 0 radical (unpaired) electrons. The monoisotopic (exact) mass is 456 g/mol. The van der Waals surface area contributed by atoms with Crippen LogP contribution >= 0.6 is 0 Å². The van der Waals surface area contributed by atoms with Crippen LogP contribution in [0.1, 0.15) is 23.9 Å². The molecular formula is C25H24N6O3. The third kappa shape index (κ3) is 3.56. The van der Waals surface area contributed by atoms with Gasteiger partial charge in [0, 0.05) is 12.1 Å². The third-order valence-electron chi connectivity index (χ3n) is 5.89. The number of aromatic hydroxyl groups is 1. The van der Waals surface area contributed by atoms with Gasteiger partial charge >= 0.3 is 0 Å². The minimum atomic E-state index is -0.630. The fourth-order valence-corrected chi connectivity index (χ4v) is 4.41. The Bertz CT molecular complexity index is 1600. The van der Waals surface area contributed by atoms with Gasteiger partial charge in [0.1, 0.15) is 17.9 Å². The summed E-state index contributed by atoms with van der Waals surface area (Å²) >= 11 is 0. The average Bonchev–Trinajstić information content (AvgIpc) is 3.12. The lowest BCUT2D eigenvalue weighted by molar-refractivity contribution is 0.194. The van der Waals surface area contributed by atoms with E-state index in [0.29, 0.717) is 33.5 Å². The van der Waals surface area contributed by atoms with Gasteiger partial charge < -0.3 is 15.9 Å². The van der Waals surface area contributed by atoms with E-state index in [2.05, 4.69) is 15.1 Å². The van der Waals surface area contributed by atoms with Crippen LogP contribution < -0.4 is 11.3 Å². The SMILES string of the molecule is Cc1cccc2cc(Cn3nc(C[C@@H](C)O)c4c(N)ncnc43)n(-c3ccccc3O)c(=O)c12. The van der Waals surface area contributed by atoms with Crippen LogP contribution in [0.4, 0.5) is 5.82 Å². The van der Waals surface area contributed by atoms with Crippen LogP contribution in [0.25, 0.3) is 27.5 Å². The van der Waals surface area contributed by atoms with Gasteiger partial charge in [0.25, 0.3) is 5.56 Å². The van der Waals surface area contributed by atoms with Crippen LogP contribution in [-0.4, -0.2) is 40.6 Å². The summed E-state index contributed by atoms with van der Waals surface area (Å²) in [6.07, 6.45) is 1.01. The van der Waals surface area contributed by atoms with Gasteiger partial charge in [0.05, 0.1) is 34.8 Å². The molecule has 0 saturated heterocycles. The first-order chi connectivity index (χ1) is 16.3. The van der Waals surface area contributed by atoms with Crippen LogP contribution in [0.2, 0.25) is 0 Å². The molecule has 0 fully saturated rings.